The lowest BCUT2D eigenvalue weighted by molar-refractivity contribution is 0.198. The van der Waals surface area contributed by atoms with Crippen molar-refractivity contribution >= 4 is 17.3 Å². The molecule has 0 saturated carbocycles. The van der Waals surface area contributed by atoms with Crippen LogP contribution < -0.4 is 11.1 Å². The Morgan fingerprint density at radius 2 is 2.28 bits per heavy atom. The number of likely N-dealkylation sites (N-methyl/N-ethyl adjacent to an activating group) is 1. The van der Waals surface area contributed by atoms with Crippen molar-refractivity contribution in [2.24, 2.45) is 5.73 Å². The van der Waals surface area contributed by atoms with Crippen molar-refractivity contribution in [1.82, 2.24) is 4.90 Å². The van der Waals surface area contributed by atoms with Crippen LogP contribution in [0.25, 0.3) is 0 Å². The van der Waals surface area contributed by atoms with Crippen LogP contribution in [-0.2, 0) is 0 Å². The summed E-state index contributed by atoms with van der Waals surface area (Å²) < 4.78 is 0. The number of halogens is 1. The van der Waals surface area contributed by atoms with Crippen molar-refractivity contribution < 1.29 is 0 Å². The van der Waals surface area contributed by atoms with Gasteiger partial charge >= 0.3 is 0 Å². The molecule has 0 bridgehead atoms. The van der Waals surface area contributed by atoms with E-state index in [2.05, 4.69) is 23.3 Å². The molecule has 0 aromatic heterocycles. The lowest BCUT2D eigenvalue weighted by Gasteiger charge is -2.42. The molecule has 0 spiro atoms. The van der Waals surface area contributed by atoms with E-state index in [1.165, 1.54) is 6.42 Å². The zero-order chi connectivity index (χ0) is 13.2. The summed E-state index contributed by atoms with van der Waals surface area (Å²) >= 11 is 6.17. The van der Waals surface area contributed by atoms with Gasteiger partial charge in [-0.2, -0.15) is 0 Å². The van der Waals surface area contributed by atoms with Crippen LogP contribution in [-0.4, -0.2) is 37.1 Å². The molecule has 1 saturated heterocycles. The molecule has 1 unspecified atom stereocenters. The molecule has 1 heterocycles. The number of piperidine rings is 1. The Labute approximate surface area is 114 Å². The smallest absolute Gasteiger partial charge is 0.0622 e. The number of nitrogens with one attached hydrogen (secondary N) is 1. The maximum Gasteiger partial charge on any atom is 0.0622 e. The summed E-state index contributed by atoms with van der Waals surface area (Å²) in [7, 11) is 2.15. The highest BCUT2D eigenvalue weighted by Crippen LogP contribution is 2.27. The zero-order valence-electron chi connectivity index (χ0n) is 11.2. The fourth-order valence-corrected chi connectivity index (χ4v) is 2.84. The van der Waals surface area contributed by atoms with E-state index < -0.39 is 0 Å². The molecule has 1 fully saturated rings. The van der Waals surface area contributed by atoms with Crippen molar-refractivity contribution in [3.05, 3.63) is 28.8 Å². The van der Waals surface area contributed by atoms with Gasteiger partial charge in [0, 0.05) is 23.8 Å². The number of anilines is 1. The molecule has 1 aliphatic heterocycles. The molecular weight excluding hydrogens is 246 g/mol. The number of nitrogens with zero attached hydrogens (tertiary/aromatic N) is 1. The monoisotopic (exact) mass is 267 g/mol. The highest BCUT2D eigenvalue weighted by molar-refractivity contribution is 6.31. The van der Waals surface area contributed by atoms with Crippen LogP contribution in [0, 0.1) is 6.92 Å². The number of nitrogens with two attached hydrogens (primary N) is 1. The van der Waals surface area contributed by atoms with Crippen LogP contribution in [0.5, 0.6) is 0 Å². The van der Waals surface area contributed by atoms with Crippen LogP contribution in [0.2, 0.25) is 5.02 Å². The number of hydrogen-bond acceptors (Lipinski definition) is 3. The van der Waals surface area contributed by atoms with Gasteiger partial charge in [-0.1, -0.05) is 17.7 Å². The quantitative estimate of drug-likeness (QED) is 0.884. The Hall–Kier alpha value is -0.770. The summed E-state index contributed by atoms with van der Waals surface area (Å²) in [5.74, 6) is 0. The molecule has 0 amide bonds. The van der Waals surface area contributed by atoms with Crippen LogP contribution in [0.3, 0.4) is 0 Å². The standard InChI is InChI=1S/C14H22ClN3/c1-11-4-5-12(8-13(11)15)17-14(9-16)6-3-7-18(2)10-14/h4-5,8,17H,3,6-7,9-10,16H2,1-2H3. The Bertz CT molecular complexity index is 422. The van der Waals surface area contributed by atoms with Crippen molar-refractivity contribution in [3.63, 3.8) is 0 Å². The zero-order valence-corrected chi connectivity index (χ0v) is 11.9. The van der Waals surface area contributed by atoms with E-state index in [1.807, 2.05) is 19.1 Å². The highest BCUT2D eigenvalue weighted by atomic mass is 35.5. The maximum absolute atomic E-state index is 6.17. The third-order valence-corrected chi connectivity index (χ3v) is 4.15. The molecule has 3 nitrogen and oxygen atoms in total. The van der Waals surface area contributed by atoms with Gasteiger partial charge < -0.3 is 16.0 Å². The summed E-state index contributed by atoms with van der Waals surface area (Å²) in [6.07, 6.45) is 2.29. The molecule has 0 radical (unpaired) electrons. The van der Waals surface area contributed by atoms with E-state index in [1.54, 1.807) is 0 Å². The molecule has 1 aromatic rings. The first-order valence-corrected chi connectivity index (χ1v) is 6.85. The van der Waals surface area contributed by atoms with Gasteiger partial charge in [0.15, 0.2) is 0 Å². The number of likely N-dealkylation sites (tertiary alicyclic amines) is 1. The predicted molar refractivity (Wildman–Crippen MR) is 78.3 cm³/mol. The Kier molecular flexibility index (Phi) is 4.15. The lowest BCUT2D eigenvalue weighted by atomic mass is 9.89. The molecular formula is C14H22ClN3. The minimum atomic E-state index is -0.0222. The van der Waals surface area contributed by atoms with E-state index in [4.69, 9.17) is 17.3 Å². The van der Waals surface area contributed by atoms with Crippen LogP contribution in [0.1, 0.15) is 18.4 Å². The first-order valence-electron chi connectivity index (χ1n) is 6.48. The first-order chi connectivity index (χ1) is 8.54. The van der Waals surface area contributed by atoms with Crippen LogP contribution >= 0.6 is 11.6 Å². The van der Waals surface area contributed by atoms with E-state index in [-0.39, 0.29) is 5.54 Å². The fourth-order valence-electron chi connectivity index (χ4n) is 2.66. The van der Waals surface area contributed by atoms with Gasteiger partial charge in [0.25, 0.3) is 0 Å². The third-order valence-electron chi connectivity index (χ3n) is 3.74. The molecule has 100 valence electrons. The van der Waals surface area contributed by atoms with E-state index in [9.17, 15) is 0 Å². The van der Waals surface area contributed by atoms with Gasteiger partial charge in [-0.05, 0) is 51.1 Å². The summed E-state index contributed by atoms with van der Waals surface area (Å²) in [6.45, 7) is 4.79. The van der Waals surface area contributed by atoms with Crippen molar-refractivity contribution in [1.29, 1.82) is 0 Å². The van der Waals surface area contributed by atoms with E-state index in [0.717, 1.165) is 35.8 Å². The Balaban J connectivity index is 2.16. The second kappa shape index (κ2) is 5.47. The third kappa shape index (κ3) is 2.97. The highest BCUT2D eigenvalue weighted by Gasteiger charge is 2.32. The number of rotatable bonds is 3. The molecule has 18 heavy (non-hydrogen) atoms. The maximum atomic E-state index is 6.17. The largest absolute Gasteiger partial charge is 0.377 e. The summed E-state index contributed by atoms with van der Waals surface area (Å²) in [5.41, 5.74) is 8.13. The molecule has 0 aliphatic carbocycles. The Morgan fingerprint density at radius 3 is 2.89 bits per heavy atom. The van der Waals surface area contributed by atoms with Gasteiger partial charge in [-0.3, -0.25) is 0 Å². The lowest BCUT2D eigenvalue weighted by Crippen LogP contribution is -2.56. The van der Waals surface area contributed by atoms with Crippen molar-refractivity contribution in [2.75, 3.05) is 32.0 Å². The molecule has 3 N–H and O–H groups in total. The number of benzene rings is 1. The Morgan fingerprint density at radius 1 is 1.50 bits per heavy atom. The fraction of sp³-hybridized carbons (Fsp3) is 0.571. The van der Waals surface area contributed by atoms with Gasteiger partial charge in [0.05, 0.1) is 5.54 Å². The van der Waals surface area contributed by atoms with Crippen LogP contribution in [0.15, 0.2) is 18.2 Å². The average molecular weight is 268 g/mol. The van der Waals surface area contributed by atoms with E-state index >= 15 is 0 Å². The SMILES string of the molecule is Cc1ccc(NC2(CN)CCCN(C)C2)cc1Cl. The normalized spacial score (nSPS) is 25.1. The van der Waals surface area contributed by atoms with Gasteiger partial charge in [0.2, 0.25) is 0 Å². The minimum Gasteiger partial charge on any atom is -0.377 e. The molecule has 4 heteroatoms. The van der Waals surface area contributed by atoms with Gasteiger partial charge in [-0.25, -0.2) is 0 Å². The molecule has 1 atom stereocenters. The summed E-state index contributed by atoms with van der Waals surface area (Å²) in [4.78, 5) is 2.33. The topological polar surface area (TPSA) is 41.3 Å². The van der Waals surface area contributed by atoms with E-state index in [0.29, 0.717) is 6.54 Å². The van der Waals surface area contributed by atoms with Gasteiger partial charge in [0.1, 0.15) is 0 Å². The second-order valence-electron chi connectivity index (χ2n) is 5.41. The number of aryl methyl sites for hydroxylation is 1. The predicted octanol–water partition coefficient (Wildman–Crippen LogP) is 2.48. The van der Waals surface area contributed by atoms with Crippen molar-refractivity contribution in [2.45, 2.75) is 25.3 Å². The first kappa shape index (κ1) is 13.7. The van der Waals surface area contributed by atoms with Gasteiger partial charge in [-0.15, -0.1) is 0 Å². The average Bonchev–Trinajstić information content (AvgIpc) is 2.34. The van der Waals surface area contributed by atoms with Crippen molar-refractivity contribution in [3.8, 4) is 0 Å². The second-order valence-corrected chi connectivity index (χ2v) is 5.82. The summed E-state index contributed by atoms with van der Waals surface area (Å²) in [5, 5.41) is 4.39. The molecule has 1 aromatic carbocycles. The molecule has 2 rings (SSSR count). The van der Waals surface area contributed by atoms with Crippen LogP contribution in [0.4, 0.5) is 5.69 Å². The molecule has 1 aliphatic rings. The minimum absolute atomic E-state index is 0.0222. The number of hydrogen-bond donors (Lipinski definition) is 2. The summed E-state index contributed by atoms with van der Waals surface area (Å²) in [6, 6.07) is 6.11.